The Morgan fingerprint density at radius 3 is 2.00 bits per heavy atom. The number of amides is 2. The minimum absolute atomic E-state index is 0.0221. The zero-order valence-corrected chi connectivity index (χ0v) is 13.5. The van der Waals surface area contributed by atoms with Gasteiger partial charge in [0.25, 0.3) is 11.8 Å². The fourth-order valence-corrected chi connectivity index (χ4v) is 2.70. The Bertz CT molecular complexity index is 708. The number of aromatic nitrogens is 1. The zero-order valence-electron chi connectivity index (χ0n) is 13.5. The number of methoxy groups -OCH3 is 1. The summed E-state index contributed by atoms with van der Waals surface area (Å²) in [6.07, 6.45) is 3.21. The molecule has 1 aromatic heterocycles. The van der Waals surface area contributed by atoms with Crippen LogP contribution in [0, 0.1) is 0 Å². The molecule has 0 N–H and O–H groups in total. The second-order valence-corrected chi connectivity index (χ2v) is 5.55. The van der Waals surface area contributed by atoms with Crippen molar-refractivity contribution in [1.82, 2.24) is 14.8 Å². The molecule has 0 radical (unpaired) electrons. The third-order valence-electron chi connectivity index (χ3n) is 4.10. The van der Waals surface area contributed by atoms with Crippen molar-refractivity contribution in [3.8, 4) is 5.75 Å². The van der Waals surface area contributed by atoms with Gasteiger partial charge in [0.15, 0.2) is 0 Å². The number of hydrogen-bond acceptors (Lipinski definition) is 4. The van der Waals surface area contributed by atoms with Gasteiger partial charge in [-0.1, -0.05) is 0 Å². The van der Waals surface area contributed by atoms with E-state index in [0.717, 1.165) is 5.75 Å². The molecule has 6 heteroatoms. The minimum atomic E-state index is -0.0420. The normalized spacial score (nSPS) is 14.4. The lowest BCUT2D eigenvalue weighted by atomic mass is 10.1. The summed E-state index contributed by atoms with van der Waals surface area (Å²) in [6.45, 7) is 2.10. The van der Waals surface area contributed by atoms with Crippen LogP contribution in [-0.4, -0.2) is 59.9 Å². The molecular formula is C18H19N3O3. The first-order chi connectivity index (χ1) is 11.7. The van der Waals surface area contributed by atoms with E-state index in [1.165, 1.54) is 0 Å². The molecule has 24 heavy (non-hydrogen) atoms. The highest BCUT2D eigenvalue weighted by atomic mass is 16.5. The van der Waals surface area contributed by atoms with Gasteiger partial charge in [-0.05, 0) is 36.4 Å². The van der Waals surface area contributed by atoms with Gasteiger partial charge in [0.1, 0.15) is 5.75 Å². The van der Waals surface area contributed by atoms with Crippen molar-refractivity contribution in [2.24, 2.45) is 0 Å². The molecule has 0 spiro atoms. The van der Waals surface area contributed by atoms with Crippen LogP contribution in [0.5, 0.6) is 5.75 Å². The van der Waals surface area contributed by atoms with Gasteiger partial charge in [0.05, 0.1) is 12.7 Å². The lowest BCUT2D eigenvalue weighted by molar-refractivity contribution is 0.0535. The van der Waals surface area contributed by atoms with E-state index in [1.807, 2.05) is 0 Å². The summed E-state index contributed by atoms with van der Waals surface area (Å²) in [5.74, 6) is 0.657. The van der Waals surface area contributed by atoms with Gasteiger partial charge in [-0.3, -0.25) is 14.6 Å². The van der Waals surface area contributed by atoms with Gasteiger partial charge in [0.2, 0.25) is 0 Å². The van der Waals surface area contributed by atoms with Crippen molar-refractivity contribution < 1.29 is 14.3 Å². The summed E-state index contributed by atoms with van der Waals surface area (Å²) in [7, 11) is 1.59. The lowest BCUT2D eigenvalue weighted by Crippen LogP contribution is -2.50. The summed E-state index contributed by atoms with van der Waals surface area (Å²) in [6, 6.07) is 10.6. The highest BCUT2D eigenvalue weighted by Crippen LogP contribution is 2.15. The highest BCUT2D eigenvalue weighted by Gasteiger charge is 2.25. The zero-order chi connectivity index (χ0) is 16.9. The molecule has 1 fully saturated rings. The molecule has 0 atom stereocenters. The van der Waals surface area contributed by atoms with E-state index >= 15 is 0 Å². The minimum Gasteiger partial charge on any atom is -0.497 e. The molecule has 1 aliphatic rings. The molecule has 1 aliphatic heterocycles. The number of pyridine rings is 1. The van der Waals surface area contributed by atoms with E-state index in [1.54, 1.807) is 65.7 Å². The van der Waals surface area contributed by atoms with Gasteiger partial charge < -0.3 is 14.5 Å². The Morgan fingerprint density at radius 2 is 1.50 bits per heavy atom. The Balaban J connectivity index is 1.60. The maximum absolute atomic E-state index is 12.5. The van der Waals surface area contributed by atoms with E-state index in [0.29, 0.717) is 37.3 Å². The van der Waals surface area contributed by atoms with E-state index in [9.17, 15) is 9.59 Å². The fourth-order valence-electron chi connectivity index (χ4n) is 2.70. The summed E-state index contributed by atoms with van der Waals surface area (Å²) in [5, 5.41) is 0. The largest absolute Gasteiger partial charge is 0.497 e. The molecule has 3 rings (SSSR count). The number of hydrogen-bond donors (Lipinski definition) is 0. The fraction of sp³-hybridized carbons (Fsp3) is 0.278. The van der Waals surface area contributed by atoms with Crippen molar-refractivity contribution in [3.05, 3.63) is 59.9 Å². The summed E-state index contributed by atoms with van der Waals surface area (Å²) >= 11 is 0. The second-order valence-electron chi connectivity index (χ2n) is 5.55. The molecule has 1 saturated heterocycles. The number of nitrogens with zero attached hydrogens (tertiary/aromatic N) is 3. The average molecular weight is 325 g/mol. The predicted octanol–water partition coefficient (Wildman–Crippen LogP) is 1.69. The Labute approximate surface area is 140 Å². The molecule has 2 heterocycles. The topological polar surface area (TPSA) is 62.7 Å². The average Bonchev–Trinajstić information content (AvgIpc) is 2.68. The van der Waals surface area contributed by atoms with E-state index in [4.69, 9.17) is 4.74 Å². The first kappa shape index (κ1) is 16.0. The van der Waals surface area contributed by atoms with Gasteiger partial charge in [-0.25, -0.2) is 0 Å². The quantitative estimate of drug-likeness (QED) is 0.861. The van der Waals surface area contributed by atoms with Crippen LogP contribution >= 0.6 is 0 Å². The van der Waals surface area contributed by atoms with Crippen LogP contribution in [0.25, 0.3) is 0 Å². The van der Waals surface area contributed by atoms with Crippen molar-refractivity contribution in [2.75, 3.05) is 33.3 Å². The number of benzene rings is 1. The second kappa shape index (κ2) is 7.12. The van der Waals surface area contributed by atoms with E-state index in [2.05, 4.69) is 4.98 Å². The Hall–Kier alpha value is -2.89. The smallest absolute Gasteiger partial charge is 0.255 e. The van der Waals surface area contributed by atoms with E-state index < -0.39 is 0 Å². The number of rotatable bonds is 3. The monoisotopic (exact) mass is 325 g/mol. The van der Waals surface area contributed by atoms with Gasteiger partial charge in [-0.15, -0.1) is 0 Å². The predicted molar refractivity (Wildman–Crippen MR) is 89.0 cm³/mol. The van der Waals surface area contributed by atoms with Crippen molar-refractivity contribution in [2.45, 2.75) is 0 Å². The first-order valence-electron chi connectivity index (χ1n) is 7.81. The third kappa shape index (κ3) is 3.37. The van der Waals surface area contributed by atoms with Crippen LogP contribution in [0.1, 0.15) is 20.7 Å². The van der Waals surface area contributed by atoms with Crippen LogP contribution in [0.15, 0.2) is 48.8 Å². The molecule has 6 nitrogen and oxygen atoms in total. The van der Waals surface area contributed by atoms with Gasteiger partial charge in [0, 0.05) is 44.1 Å². The molecule has 1 aromatic carbocycles. The van der Waals surface area contributed by atoms with Crippen LogP contribution in [0.3, 0.4) is 0 Å². The van der Waals surface area contributed by atoms with Crippen molar-refractivity contribution in [3.63, 3.8) is 0 Å². The van der Waals surface area contributed by atoms with Crippen LogP contribution in [-0.2, 0) is 0 Å². The molecule has 124 valence electrons. The number of carbonyl (C=O) groups excluding carboxylic acids is 2. The molecule has 2 aromatic rings. The maximum Gasteiger partial charge on any atom is 0.255 e. The molecular weight excluding hydrogens is 306 g/mol. The Kier molecular flexibility index (Phi) is 4.74. The van der Waals surface area contributed by atoms with Crippen molar-refractivity contribution >= 4 is 11.8 Å². The van der Waals surface area contributed by atoms with Gasteiger partial charge >= 0.3 is 0 Å². The summed E-state index contributed by atoms with van der Waals surface area (Å²) in [4.78, 5) is 32.4. The van der Waals surface area contributed by atoms with Crippen molar-refractivity contribution in [1.29, 1.82) is 0 Å². The third-order valence-corrected chi connectivity index (χ3v) is 4.10. The summed E-state index contributed by atoms with van der Waals surface area (Å²) in [5.41, 5.74) is 1.20. The standard InChI is InChI=1S/C18H19N3O3/c1-24-16-6-4-14(5-7-16)17(22)20-9-11-21(12-10-20)18(23)15-3-2-8-19-13-15/h2-8,13H,9-12H2,1H3. The molecule has 0 aliphatic carbocycles. The number of ether oxygens (including phenoxy) is 1. The van der Waals surface area contributed by atoms with Gasteiger partial charge in [-0.2, -0.15) is 0 Å². The lowest BCUT2D eigenvalue weighted by Gasteiger charge is -2.34. The number of piperazine rings is 1. The van der Waals surface area contributed by atoms with Crippen LogP contribution < -0.4 is 4.74 Å². The molecule has 2 amide bonds. The van der Waals surface area contributed by atoms with Crippen LogP contribution in [0.2, 0.25) is 0 Å². The van der Waals surface area contributed by atoms with E-state index in [-0.39, 0.29) is 11.8 Å². The molecule has 0 saturated carbocycles. The molecule has 0 bridgehead atoms. The van der Waals surface area contributed by atoms with Crippen LogP contribution in [0.4, 0.5) is 0 Å². The summed E-state index contributed by atoms with van der Waals surface area (Å²) < 4.78 is 5.10. The highest BCUT2D eigenvalue weighted by molar-refractivity contribution is 5.95. The SMILES string of the molecule is COc1ccc(C(=O)N2CCN(C(=O)c3cccnc3)CC2)cc1. The Morgan fingerprint density at radius 1 is 0.917 bits per heavy atom. The molecule has 0 unspecified atom stereocenters. The number of carbonyl (C=O) groups is 2. The maximum atomic E-state index is 12.5. The first-order valence-corrected chi connectivity index (χ1v) is 7.81.